The highest BCUT2D eigenvalue weighted by Gasteiger charge is 2.11. The molecule has 3 aromatic carbocycles. The molecule has 0 unspecified atom stereocenters. The van der Waals surface area contributed by atoms with E-state index in [4.69, 9.17) is 16.3 Å². The molecule has 2 N–H and O–H groups in total. The number of benzene rings is 3. The van der Waals surface area contributed by atoms with Gasteiger partial charge in [-0.1, -0.05) is 35.9 Å². The van der Waals surface area contributed by atoms with E-state index in [0.717, 1.165) is 22.2 Å². The van der Waals surface area contributed by atoms with Gasteiger partial charge in [-0.15, -0.1) is 0 Å². The third-order valence-corrected chi connectivity index (χ3v) is 4.71. The Morgan fingerprint density at radius 2 is 1.93 bits per heavy atom. The van der Waals surface area contributed by atoms with Gasteiger partial charge in [-0.3, -0.25) is 4.79 Å². The molecule has 0 aliphatic carbocycles. The van der Waals surface area contributed by atoms with Crippen LogP contribution in [-0.2, 0) is 0 Å². The van der Waals surface area contributed by atoms with Crippen LogP contribution in [0.15, 0.2) is 71.8 Å². The Morgan fingerprint density at radius 3 is 2.76 bits per heavy atom. The van der Waals surface area contributed by atoms with Crippen LogP contribution >= 0.6 is 11.6 Å². The molecule has 4 aromatic rings. The fraction of sp³-hybridized carbons (Fsp3) is 0.0455. The fourth-order valence-electron chi connectivity index (χ4n) is 2.93. The number of hydrogen-bond donors (Lipinski definition) is 2. The first-order chi connectivity index (χ1) is 14.2. The zero-order valence-corrected chi connectivity index (χ0v) is 16.3. The van der Waals surface area contributed by atoms with E-state index in [1.807, 2.05) is 48.5 Å². The maximum atomic E-state index is 12.5. The molecule has 1 heterocycles. The van der Waals surface area contributed by atoms with E-state index in [1.165, 1.54) is 0 Å². The number of carbonyl (C=O) groups excluding carboxylic acids is 1. The molecule has 0 spiro atoms. The van der Waals surface area contributed by atoms with E-state index in [9.17, 15) is 4.79 Å². The van der Waals surface area contributed by atoms with Gasteiger partial charge in [0.05, 0.1) is 29.4 Å². The summed E-state index contributed by atoms with van der Waals surface area (Å²) < 4.78 is 5.26. The predicted octanol–water partition coefficient (Wildman–Crippen LogP) is 4.66. The number of hydrogen-bond acceptors (Lipinski definition) is 4. The van der Waals surface area contributed by atoms with Crippen molar-refractivity contribution in [1.29, 1.82) is 0 Å². The van der Waals surface area contributed by atoms with Crippen LogP contribution in [0.1, 0.15) is 15.9 Å². The summed E-state index contributed by atoms with van der Waals surface area (Å²) in [5, 5.41) is 4.63. The average Bonchev–Trinajstić information content (AvgIpc) is 3.17. The third kappa shape index (κ3) is 3.97. The Kier molecular flexibility index (Phi) is 5.27. The van der Waals surface area contributed by atoms with Crippen LogP contribution in [0.4, 0.5) is 0 Å². The summed E-state index contributed by atoms with van der Waals surface area (Å²) >= 11 is 6.25. The lowest BCUT2D eigenvalue weighted by molar-refractivity contribution is 0.0955. The number of para-hydroxylation sites is 1. The molecule has 144 valence electrons. The summed E-state index contributed by atoms with van der Waals surface area (Å²) in [5.41, 5.74) is 6.05. The van der Waals surface area contributed by atoms with E-state index < -0.39 is 0 Å². The van der Waals surface area contributed by atoms with E-state index in [2.05, 4.69) is 20.5 Å². The van der Waals surface area contributed by atoms with Crippen LogP contribution < -0.4 is 10.2 Å². The van der Waals surface area contributed by atoms with Crippen LogP contribution in [0.25, 0.3) is 22.4 Å². The zero-order valence-electron chi connectivity index (χ0n) is 15.5. The number of ether oxygens (including phenoxy) is 1. The van der Waals surface area contributed by atoms with E-state index in [1.54, 1.807) is 31.5 Å². The van der Waals surface area contributed by atoms with Crippen LogP contribution in [0.2, 0.25) is 5.02 Å². The topological polar surface area (TPSA) is 79.4 Å². The van der Waals surface area contributed by atoms with Crippen LogP contribution in [-0.4, -0.2) is 29.2 Å². The molecule has 0 saturated carbocycles. The number of H-pyrrole nitrogens is 1. The lowest BCUT2D eigenvalue weighted by Gasteiger charge is -2.03. The molecule has 0 aliphatic rings. The number of amides is 1. The van der Waals surface area contributed by atoms with Crippen molar-refractivity contribution in [1.82, 2.24) is 15.4 Å². The number of imidazole rings is 1. The Labute approximate surface area is 172 Å². The molecule has 0 fully saturated rings. The SMILES string of the molecule is COc1ccccc1/C=N/NC(=O)c1ccc2nc(-c3ccccc3Cl)[nH]c2c1. The number of aromatic nitrogens is 2. The fourth-order valence-corrected chi connectivity index (χ4v) is 3.15. The summed E-state index contributed by atoms with van der Waals surface area (Å²) in [5.74, 6) is 1.00. The van der Waals surface area contributed by atoms with E-state index >= 15 is 0 Å². The molecular weight excluding hydrogens is 388 g/mol. The van der Waals surface area contributed by atoms with Gasteiger partial charge >= 0.3 is 0 Å². The number of nitrogens with zero attached hydrogens (tertiary/aromatic N) is 2. The number of rotatable bonds is 5. The molecule has 0 atom stereocenters. The van der Waals surface area contributed by atoms with Gasteiger partial charge in [-0.05, 0) is 42.5 Å². The lowest BCUT2D eigenvalue weighted by atomic mass is 10.2. The Bertz CT molecular complexity index is 1220. The molecule has 29 heavy (non-hydrogen) atoms. The van der Waals surface area contributed by atoms with Crippen LogP contribution in [0.3, 0.4) is 0 Å². The van der Waals surface area contributed by atoms with Gasteiger partial charge in [0, 0.05) is 16.7 Å². The quantitative estimate of drug-likeness (QED) is 0.375. The number of methoxy groups -OCH3 is 1. The summed E-state index contributed by atoms with van der Waals surface area (Å²) in [4.78, 5) is 20.2. The molecule has 1 aromatic heterocycles. The molecule has 7 heteroatoms. The summed E-state index contributed by atoms with van der Waals surface area (Å²) in [7, 11) is 1.59. The highest BCUT2D eigenvalue weighted by molar-refractivity contribution is 6.33. The van der Waals surface area contributed by atoms with Gasteiger partial charge in [0.25, 0.3) is 5.91 Å². The first kappa shape index (κ1) is 18.7. The molecule has 0 bridgehead atoms. The molecule has 0 saturated heterocycles. The largest absolute Gasteiger partial charge is 0.496 e. The second-order valence-electron chi connectivity index (χ2n) is 6.24. The Hall–Kier alpha value is -3.64. The van der Waals surface area contributed by atoms with Gasteiger partial charge in [-0.25, -0.2) is 10.4 Å². The molecular formula is C22H17ClN4O2. The van der Waals surface area contributed by atoms with Crippen molar-refractivity contribution >= 4 is 34.8 Å². The second-order valence-corrected chi connectivity index (χ2v) is 6.65. The van der Waals surface area contributed by atoms with Gasteiger partial charge < -0.3 is 9.72 Å². The zero-order chi connectivity index (χ0) is 20.2. The highest BCUT2D eigenvalue weighted by atomic mass is 35.5. The smallest absolute Gasteiger partial charge is 0.271 e. The first-order valence-electron chi connectivity index (χ1n) is 8.87. The summed E-state index contributed by atoms with van der Waals surface area (Å²) in [6.07, 6.45) is 1.54. The van der Waals surface area contributed by atoms with Crippen molar-refractivity contribution in [3.8, 4) is 17.1 Å². The minimum atomic E-state index is -0.327. The lowest BCUT2D eigenvalue weighted by Crippen LogP contribution is -2.17. The number of fused-ring (bicyclic) bond motifs is 1. The molecule has 0 radical (unpaired) electrons. The second kappa shape index (κ2) is 8.16. The van der Waals surface area contributed by atoms with Crippen molar-refractivity contribution in [3.05, 3.63) is 82.9 Å². The maximum Gasteiger partial charge on any atom is 0.271 e. The Morgan fingerprint density at radius 1 is 1.14 bits per heavy atom. The molecule has 0 aliphatic heterocycles. The van der Waals surface area contributed by atoms with Gasteiger partial charge in [0.2, 0.25) is 0 Å². The molecule has 1 amide bonds. The average molecular weight is 405 g/mol. The maximum absolute atomic E-state index is 12.5. The van der Waals surface area contributed by atoms with Crippen LogP contribution in [0, 0.1) is 0 Å². The van der Waals surface area contributed by atoms with Crippen molar-refractivity contribution < 1.29 is 9.53 Å². The summed E-state index contributed by atoms with van der Waals surface area (Å²) in [6, 6.07) is 20.1. The van der Waals surface area contributed by atoms with E-state index in [0.29, 0.717) is 22.2 Å². The standard InChI is InChI=1S/C22H17ClN4O2/c1-29-20-9-5-2-6-15(20)13-24-27-22(28)14-10-11-18-19(12-14)26-21(25-18)16-7-3-4-8-17(16)23/h2-13H,1H3,(H,25,26)(H,27,28)/b24-13+. The third-order valence-electron chi connectivity index (χ3n) is 4.38. The monoisotopic (exact) mass is 404 g/mol. The minimum absolute atomic E-state index is 0.327. The number of halogens is 1. The predicted molar refractivity (Wildman–Crippen MR) is 115 cm³/mol. The van der Waals surface area contributed by atoms with Crippen LogP contribution in [0.5, 0.6) is 5.75 Å². The number of carbonyl (C=O) groups is 1. The normalized spacial score (nSPS) is 11.1. The molecule has 4 rings (SSSR count). The number of aromatic amines is 1. The number of hydrazone groups is 1. The summed E-state index contributed by atoms with van der Waals surface area (Å²) in [6.45, 7) is 0. The first-order valence-corrected chi connectivity index (χ1v) is 9.24. The van der Waals surface area contributed by atoms with Crippen molar-refractivity contribution in [2.45, 2.75) is 0 Å². The van der Waals surface area contributed by atoms with Gasteiger partial charge in [-0.2, -0.15) is 5.10 Å². The van der Waals surface area contributed by atoms with Crippen molar-refractivity contribution in [3.63, 3.8) is 0 Å². The Balaban J connectivity index is 1.54. The molecule has 6 nitrogen and oxygen atoms in total. The van der Waals surface area contributed by atoms with Gasteiger partial charge in [0.15, 0.2) is 0 Å². The van der Waals surface area contributed by atoms with Gasteiger partial charge in [0.1, 0.15) is 11.6 Å². The van der Waals surface area contributed by atoms with Crippen molar-refractivity contribution in [2.75, 3.05) is 7.11 Å². The minimum Gasteiger partial charge on any atom is -0.496 e. The van der Waals surface area contributed by atoms with E-state index in [-0.39, 0.29) is 5.91 Å². The number of nitrogens with one attached hydrogen (secondary N) is 2. The highest BCUT2D eigenvalue weighted by Crippen LogP contribution is 2.27. The van der Waals surface area contributed by atoms with Crippen molar-refractivity contribution in [2.24, 2.45) is 5.10 Å².